The Balaban J connectivity index is 1.35. The highest BCUT2D eigenvalue weighted by Gasteiger charge is 2.27. The Bertz CT molecular complexity index is 914. The van der Waals surface area contributed by atoms with Crippen molar-refractivity contribution >= 4 is 11.6 Å². The van der Waals surface area contributed by atoms with Gasteiger partial charge in [0.25, 0.3) is 0 Å². The SMILES string of the molecule is Cc1ccc2nc3c(n2c1)CC(C(=O)NCCCc1ccccc1)CC3. The van der Waals surface area contributed by atoms with Gasteiger partial charge in [0.15, 0.2) is 0 Å². The van der Waals surface area contributed by atoms with Crippen molar-refractivity contribution in [1.29, 1.82) is 0 Å². The molecule has 1 unspecified atom stereocenters. The number of benzene rings is 1. The van der Waals surface area contributed by atoms with Crippen molar-refractivity contribution in [1.82, 2.24) is 14.7 Å². The molecule has 0 fully saturated rings. The Morgan fingerprint density at radius 3 is 2.92 bits per heavy atom. The van der Waals surface area contributed by atoms with E-state index in [4.69, 9.17) is 4.98 Å². The monoisotopic (exact) mass is 347 g/mol. The molecule has 0 spiro atoms. The van der Waals surface area contributed by atoms with Crippen LogP contribution in [0.4, 0.5) is 0 Å². The van der Waals surface area contributed by atoms with Crippen LogP contribution in [0.5, 0.6) is 0 Å². The number of carbonyl (C=O) groups is 1. The van der Waals surface area contributed by atoms with Crippen LogP contribution in [0.15, 0.2) is 48.7 Å². The Kier molecular flexibility index (Phi) is 4.74. The molecule has 2 heterocycles. The fourth-order valence-electron chi connectivity index (χ4n) is 3.83. The number of aromatic nitrogens is 2. The number of fused-ring (bicyclic) bond motifs is 3. The minimum absolute atomic E-state index is 0.0552. The molecule has 4 nitrogen and oxygen atoms in total. The number of amides is 1. The molecule has 1 amide bonds. The number of hydrogen-bond donors (Lipinski definition) is 1. The van der Waals surface area contributed by atoms with E-state index in [0.29, 0.717) is 0 Å². The molecule has 0 radical (unpaired) electrons. The molecule has 1 aromatic carbocycles. The van der Waals surface area contributed by atoms with Crippen LogP contribution >= 0.6 is 0 Å². The zero-order valence-corrected chi connectivity index (χ0v) is 15.2. The molecule has 3 aromatic rings. The zero-order valence-electron chi connectivity index (χ0n) is 15.2. The number of rotatable bonds is 5. The highest BCUT2D eigenvalue weighted by atomic mass is 16.1. The Labute approximate surface area is 154 Å². The number of nitrogens with zero attached hydrogens (tertiary/aromatic N) is 2. The largest absolute Gasteiger partial charge is 0.356 e. The molecule has 0 saturated carbocycles. The van der Waals surface area contributed by atoms with E-state index in [0.717, 1.165) is 50.0 Å². The van der Waals surface area contributed by atoms with Crippen LogP contribution in [0.3, 0.4) is 0 Å². The number of pyridine rings is 1. The van der Waals surface area contributed by atoms with Gasteiger partial charge in [-0.2, -0.15) is 0 Å². The Hall–Kier alpha value is -2.62. The molecule has 1 aliphatic rings. The third kappa shape index (κ3) is 3.50. The summed E-state index contributed by atoms with van der Waals surface area (Å²) in [6.45, 7) is 2.83. The fraction of sp³-hybridized carbons (Fsp3) is 0.364. The van der Waals surface area contributed by atoms with Gasteiger partial charge in [0.1, 0.15) is 5.65 Å². The van der Waals surface area contributed by atoms with Crippen LogP contribution in [-0.4, -0.2) is 21.8 Å². The molecular formula is C22H25N3O. The third-order valence-electron chi connectivity index (χ3n) is 5.27. The maximum Gasteiger partial charge on any atom is 0.223 e. The number of carbonyl (C=O) groups excluding carboxylic acids is 1. The van der Waals surface area contributed by atoms with E-state index in [1.807, 2.05) is 6.07 Å². The lowest BCUT2D eigenvalue weighted by molar-refractivity contribution is -0.125. The number of imidazole rings is 1. The standard InChI is InChI=1S/C22H25N3O/c1-16-9-12-21-24-19-11-10-18(14-20(19)25(21)15-16)22(26)23-13-5-8-17-6-3-2-4-7-17/h2-4,6-7,9,12,15,18H,5,8,10-11,13-14H2,1H3,(H,23,26). The number of nitrogens with one attached hydrogen (secondary N) is 1. The van der Waals surface area contributed by atoms with E-state index < -0.39 is 0 Å². The average Bonchev–Trinajstić information content (AvgIpc) is 3.03. The van der Waals surface area contributed by atoms with Crippen molar-refractivity contribution in [3.05, 3.63) is 71.2 Å². The maximum absolute atomic E-state index is 12.6. The summed E-state index contributed by atoms with van der Waals surface area (Å²) in [6, 6.07) is 14.6. The van der Waals surface area contributed by atoms with Crippen molar-refractivity contribution < 1.29 is 4.79 Å². The highest BCUT2D eigenvalue weighted by molar-refractivity contribution is 5.79. The van der Waals surface area contributed by atoms with Crippen LogP contribution in [0.1, 0.15) is 35.4 Å². The smallest absolute Gasteiger partial charge is 0.223 e. The molecule has 1 N–H and O–H groups in total. The lowest BCUT2D eigenvalue weighted by atomic mass is 9.89. The van der Waals surface area contributed by atoms with E-state index in [9.17, 15) is 4.79 Å². The van der Waals surface area contributed by atoms with Gasteiger partial charge in [-0.15, -0.1) is 0 Å². The van der Waals surface area contributed by atoms with Gasteiger partial charge < -0.3 is 9.72 Å². The molecule has 0 aliphatic heterocycles. The van der Waals surface area contributed by atoms with Gasteiger partial charge >= 0.3 is 0 Å². The Morgan fingerprint density at radius 1 is 1.23 bits per heavy atom. The van der Waals surface area contributed by atoms with Crippen LogP contribution < -0.4 is 5.32 Å². The second-order valence-electron chi connectivity index (χ2n) is 7.26. The predicted octanol–water partition coefficient (Wildman–Crippen LogP) is 3.50. The molecule has 26 heavy (non-hydrogen) atoms. The van der Waals surface area contributed by atoms with E-state index >= 15 is 0 Å². The van der Waals surface area contributed by atoms with Crippen molar-refractivity contribution in [2.45, 2.75) is 39.0 Å². The Morgan fingerprint density at radius 2 is 2.08 bits per heavy atom. The maximum atomic E-state index is 12.6. The number of hydrogen-bond acceptors (Lipinski definition) is 2. The van der Waals surface area contributed by atoms with Crippen LogP contribution in [0, 0.1) is 12.8 Å². The first-order valence-electron chi connectivity index (χ1n) is 9.49. The topological polar surface area (TPSA) is 46.4 Å². The molecule has 0 saturated heterocycles. The van der Waals surface area contributed by atoms with Gasteiger partial charge in [0.05, 0.1) is 5.69 Å². The first-order chi connectivity index (χ1) is 12.7. The summed E-state index contributed by atoms with van der Waals surface area (Å²) in [6.07, 6.45) is 6.66. The van der Waals surface area contributed by atoms with E-state index in [2.05, 4.69) is 59.2 Å². The second-order valence-corrected chi connectivity index (χ2v) is 7.26. The molecular weight excluding hydrogens is 322 g/mol. The van der Waals surface area contributed by atoms with E-state index in [-0.39, 0.29) is 11.8 Å². The fourth-order valence-corrected chi connectivity index (χ4v) is 3.83. The lowest BCUT2D eigenvalue weighted by Crippen LogP contribution is -2.35. The van der Waals surface area contributed by atoms with Gasteiger partial charge in [-0.05, 0) is 49.8 Å². The predicted molar refractivity (Wildman–Crippen MR) is 103 cm³/mol. The molecule has 4 heteroatoms. The lowest BCUT2D eigenvalue weighted by Gasteiger charge is -2.21. The summed E-state index contributed by atoms with van der Waals surface area (Å²) in [5.74, 6) is 0.242. The molecule has 4 rings (SSSR count). The summed E-state index contributed by atoms with van der Waals surface area (Å²) >= 11 is 0. The van der Waals surface area contributed by atoms with Crippen LogP contribution in [0.25, 0.3) is 5.65 Å². The van der Waals surface area contributed by atoms with Crippen molar-refractivity contribution in [3.8, 4) is 0 Å². The first-order valence-corrected chi connectivity index (χ1v) is 9.49. The summed E-state index contributed by atoms with van der Waals surface area (Å²) < 4.78 is 2.17. The van der Waals surface area contributed by atoms with Crippen molar-refractivity contribution in [2.75, 3.05) is 6.54 Å². The summed E-state index contributed by atoms with van der Waals surface area (Å²) in [5, 5.41) is 3.14. The van der Waals surface area contributed by atoms with E-state index in [1.54, 1.807) is 0 Å². The third-order valence-corrected chi connectivity index (χ3v) is 5.27. The molecule has 1 atom stereocenters. The van der Waals surface area contributed by atoms with Crippen LogP contribution in [-0.2, 0) is 24.1 Å². The second kappa shape index (κ2) is 7.32. The minimum Gasteiger partial charge on any atom is -0.356 e. The summed E-state index contributed by atoms with van der Waals surface area (Å²) in [4.78, 5) is 17.3. The minimum atomic E-state index is 0.0552. The van der Waals surface area contributed by atoms with Gasteiger partial charge in [0.2, 0.25) is 5.91 Å². The van der Waals surface area contributed by atoms with Crippen molar-refractivity contribution in [2.24, 2.45) is 5.92 Å². The summed E-state index contributed by atoms with van der Waals surface area (Å²) in [5.41, 5.74) is 5.89. The quantitative estimate of drug-likeness (QED) is 0.718. The van der Waals surface area contributed by atoms with E-state index in [1.165, 1.54) is 16.8 Å². The number of aryl methyl sites for hydroxylation is 3. The van der Waals surface area contributed by atoms with Gasteiger partial charge in [0, 0.05) is 30.8 Å². The highest BCUT2D eigenvalue weighted by Crippen LogP contribution is 2.26. The van der Waals surface area contributed by atoms with Gasteiger partial charge in [-0.1, -0.05) is 36.4 Å². The zero-order chi connectivity index (χ0) is 17.9. The molecule has 134 valence electrons. The molecule has 2 aromatic heterocycles. The van der Waals surface area contributed by atoms with Gasteiger partial charge in [-0.3, -0.25) is 4.79 Å². The van der Waals surface area contributed by atoms with Crippen molar-refractivity contribution in [3.63, 3.8) is 0 Å². The van der Waals surface area contributed by atoms with Crippen LogP contribution in [0.2, 0.25) is 0 Å². The molecule has 1 aliphatic carbocycles. The van der Waals surface area contributed by atoms with Gasteiger partial charge in [-0.25, -0.2) is 4.98 Å². The normalized spacial score (nSPS) is 16.4. The molecule has 0 bridgehead atoms. The first kappa shape index (κ1) is 16.8. The summed E-state index contributed by atoms with van der Waals surface area (Å²) in [7, 11) is 0. The average molecular weight is 347 g/mol.